The SMILES string of the molecule is CC1CC(N)CCC1C(=O)N1CCC(CN(C)C)CC1. The zero-order valence-corrected chi connectivity index (χ0v) is 13.3. The molecule has 0 bridgehead atoms. The van der Waals surface area contributed by atoms with Crippen LogP contribution in [0.15, 0.2) is 0 Å². The van der Waals surface area contributed by atoms with Crippen LogP contribution in [0.25, 0.3) is 0 Å². The lowest BCUT2D eigenvalue weighted by Crippen LogP contribution is -2.46. The summed E-state index contributed by atoms with van der Waals surface area (Å²) >= 11 is 0. The van der Waals surface area contributed by atoms with Gasteiger partial charge < -0.3 is 15.5 Å². The first-order valence-corrected chi connectivity index (χ1v) is 8.16. The molecule has 0 aromatic heterocycles. The highest BCUT2D eigenvalue weighted by atomic mass is 16.2. The van der Waals surface area contributed by atoms with Crippen molar-refractivity contribution in [3.8, 4) is 0 Å². The minimum Gasteiger partial charge on any atom is -0.342 e. The summed E-state index contributed by atoms with van der Waals surface area (Å²) in [5, 5.41) is 0. The molecule has 116 valence electrons. The Kier molecular flexibility index (Phi) is 5.44. The van der Waals surface area contributed by atoms with Crippen LogP contribution in [0, 0.1) is 17.8 Å². The quantitative estimate of drug-likeness (QED) is 0.854. The Morgan fingerprint density at radius 3 is 2.40 bits per heavy atom. The van der Waals surface area contributed by atoms with Gasteiger partial charge in [-0.15, -0.1) is 0 Å². The first-order valence-electron chi connectivity index (χ1n) is 8.16. The van der Waals surface area contributed by atoms with E-state index in [4.69, 9.17) is 5.73 Å². The summed E-state index contributed by atoms with van der Waals surface area (Å²) in [6.07, 6.45) is 5.32. The minimum absolute atomic E-state index is 0.222. The molecule has 0 radical (unpaired) electrons. The lowest BCUT2D eigenvalue weighted by Gasteiger charge is -2.38. The number of rotatable bonds is 3. The maximum absolute atomic E-state index is 12.7. The van der Waals surface area contributed by atoms with Crippen molar-refractivity contribution in [2.24, 2.45) is 23.5 Å². The van der Waals surface area contributed by atoms with E-state index in [0.717, 1.165) is 57.7 Å². The van der Waals surface area contributed by atoms with Crippen LogP contribution in [0.5, 0.6) is 0 Å². The lowest BCUT2D eigenvalue weighted by atomic mass is 9.77. The summed E-state index contributed by atoms with van der Waals surface area (Å²) in [6.45, 7) is 5.25. The molecule has 20 heavy (non-hydrogen) atoms. The van der Waals surface area contributed by atoms with Crippen molar-refractivity contribution in [1.82, 2.24) is 9.80 Å². The van der Waals surface area contributed by atoms with E-state index in [9.17, 15) is 4.79 Å². The Morgan fingerprint density at radius 1 is 1.20 bits per heavy atom. The smallest absolute Gasteiger partial charge is 0.225 e. The Labute approximate surface area is 123 Å². The van der Waals surface area contributed by atoms with Crippen LogP contribution in [0.2, 0.25) is 0 Å². The van der Waals surface area contributed by atoms with Gasteiger partial charge in [-0.25, -0.2) is 0 Å². The number of piperidine rings is 1. The summed E-state index contributed by atoms with van der Waals surface area (Å²) < 4.78 is 0. The molecule has 0 aromatic rings. The van der Waals surface area contributed by atoms with Crippen LogP contribution >= 0.6 is 0 Å². The van der Waals surface area contributed by atoms with Gasteiger partial charge >= 0.3 is 0 Å². The molecule has 4 nitrogen and oxygen atoms in total. The van der Waals surface area contributed by atoms with Gasteiger partial charge in [0.15, 0.2) is 0 Å². The zero-order chi connectivity index (χ0) is 14.7. The molecular formula is C16H31N3O. The van der Waals surface area contributed by atoms with Crippen LogP contribution in [-0.2, 0) is 4.79 Å². The summed E-state index contributed by atoms with van der Waals surface area (Å²) in [7, 11) is 4.26. The first-order chi connectivity index (χ1) is 9.47. The molecule has 0 spiro atoms. The van der Waals surface area contributed by atoms with Crippen LogP contribution in [0.1, 0.15) is 39.0 Å². The molecule has 1 heterocycles. The molecule has 2 rings (SSSR count). The summed E-state index contributed by atoms with van der Waals surface area (Å²) in [4.78, 5) is 17.0. The van der Waals surface area contributed by atoms with Gasteiger partial charge in [0.2, 0.25) is 5.91 Å². The second kappa shape index (κ2) is 6.90. The van der Waals surface area contributed by atoms with Gasteiger partial charge in [0.25, 0.3) is 0 Å². The van der Waals surface area contributed by atoms with E-state index >= 15 is 0 Å². The number of nitrogens with zero attached hydrogens (tertiary/aromatic N) is 2. The van der Waals surface area contributed by atoms with E-state index in [1.54, 1.807) is 0 Å². The second-order valence-corrected chi connectivity index (χ2v) is 7.19. The van der Waals surface area contributed by atoms with E-state index < -0.39 is 0 Å². The van der Waals surface area contributed by atoms with Crippen molar-refractivity contribution in [2.75, 3.05) is 33.7 Å². The standard InChI is InChI=1S/C16H31N3O/c1-12-10-14(17)4-5-15(12)16(20)19-8-6-13(7-9-19)11-18(2)3/h12-15H,4-11,17H2,1-3H3. The predicted molar refractivity (Wildman–Crippen MR) is 82.3 cm³/mol. The van der Waals surface area contributed by atoms with E-state index in [-0.39, 0.29) is 5.92 Å². The number of carbonyl (C=O) groups excluding carboxylic acids is 1. The van der Waals surface area contributed by atoms with Gasteiger partial charge in [-0.1, -0.05) is 6.92 Å². The molecule has 2 aliphatic rings. The molecule has 2 fully saturated rings. The predicted octanol–water partition coefficient (Wildman–Crippen LogP) is 1.55. The van der Waals surface area contributed by atoms with E-state index in [2.05, 4.69) is 30.8 Å². The molecule has 1 aliphatic heterocycles. The fraction of sp³-hybridized carbons (Fsp3) is 0.938. The number of carbonyl (C=O) groups is 1. The first kappa shape index (κ1) is 15.8. The summed E-state index contributed by atoms with van der Waals surface area (Å²) in [5.41, 5.74) is 6.00. The van der Waals surface area contributed by atoms with Gasteiger partial charge in [0.05, 0.1) is 0 Å². The molecule has 1 saturated carbocycles. The average Bonchev–Trinajstić information content (AvgIpc) is 2.38. The monoisotopic (exact) mass is 281 g/mol. The number of hydrogen-bond donors (Lipinski definition) is 1. The highest BCUT2D eigenvalue weighted by Gasteiger charge is 2.34. The molecule has 0 aromatic carbocycles. The Balaban J connectivity index is 1.82. The molecule has 1 saturated heterocycles. The van der Waals surface area contributed by atoms with Crippen molar-refractivity contribution in [2.45, 2.75) is 45.1 Å². The third-order valence-corrected chi connectivity index (χ3v) is 5.08. The van der Waals surface area contributed by atoms with E-state index in [0.29, 0.717) is 17.9 Å². The minimum atomic E-state index is 0.222. The fourth-order valence-electron chi connectivity index (χ4n) is 3.89. The van der Waals surface area contributed by atoms with Crippen LogP contribution in [0.4, 0.5) is 0 Å². The Hall–Kier alpha value is -0.610. The molecule has 4 heteroatoms. The van der Waals surface area contributed by atoms with Crippen molar-refractivity contribution >= 4 is 5.91 Å². The number of nitrogens with two attached hydrogens (primary N) is 1. The maximum Gasteiger partial charge on any atom is 0.225 e. The Bertz CT molecular complexity index is 324. The topological polar surface area (TPSA) is 49.6 Å². The van der Waals surface area contributed by atoms with E-state index in [1.165, 1.54) is 0 Å². The molecule has 2 N–H and O–H groups in total. The number of amides is 1. The molecule has 3 unspecified atom stereocenters. The number of hydrogen-bond acceptors (Lipinski definition) is 3. The van der Waals surface area contributed by atoms with Gasteiger partial charge in [0.1, 0.15) is 0 Å². The van der Waals surface area contributed by atoms with Crippen LogP contribution < -0.4 is 5.73 Å². The zero-order valence-electron chi connectivity index (χ0n) is 13.3. The molecule has 3 atom stereocenters. The summed E-state index contributed by atoms with van der Waals surface area (Å²) in [5.74, 6) is 1.82. The highest BCUT2D eigenvalue weighted by molar-refractivity contribution is 5.79. The normalized spacial score (nSPS) is 32.6. The number of likely N-dealkylation sites (tertiary alicyclic amines) is 1. The van der Waals surface area contributed by atoms with Crippen molar-refractivity contribution in [3.63, 3.8) is 0 Å². The third kappa shape index (κ3) is 3.95. The average molecular weight is 281 g/mol. The van der Waals surface area contributed by atoms with Gasteiger partial charge in [-0.2, -0.15) is 0 Å². The maximum atomic E-state index is 12.7. The molecule has 1 amide bonds. The fourth-order valence-corrected chi connectivity index (χ4v) is 3.89. The largest absolute Gasteiger partial charge is 0.342 e. The molecule has 1 aliphatic carbocycles. The van der Waals surface area contributed by atoms with Crippen molar-refractivity contribution in [3.05, 3.63) is 0 Å². The van der Waals surface area contributed by atoms with Crippen molar-refractivity contribution in [1.29, 1.82) is 0 Å². The van der Waals surface area contributed by atoms with Crippen LogP contribution in [-0.4, -0.2) is 55.5 Å². The van der Waals surface area contributed by atoms with E-state index in [1.807, 2.05) is 0 Å². The third-order valence-electron chi connectivity index (χ3n) is 5.08. The van der Waals surface area contributed by atoms with Crippen LogP contribution in [0.3, 0.4) is 0 Å². The van der Waals surface area contributed by atoms with Gasteiger partial charge in [-0.05, 0) is 58.0 Å². The van der Waals surface area contributed by atoms with Gasteiger partial charge in [0, 0.05) is 31.6 Å². The second-order valence-electron chi connectivity index (χ2n) is 7.19. The van der Waals surface area contributed by atoms with Gasteiger partial charge in [-0.3, -0.25) is 4.79 Å². The highest BCUT2D eigenvalue weighted by Crippen LogP contribution is 2.31. The molecular weight excluding hydrogens is 250 g/mol. The van der Waals surface area contributed by atoms with Crippen molar-refractivity contribution < 1.29 is 4.79 Å². The lowest BCUT2D eigenvalue weighted by molar-refractivity contribution is -0.139. The Morgan fingerprint density at radius 2 is 1.85 bits per heavy atom. The summed E-state index contributed by atoms with van der Waals surface area (Å²) in [6, 6.07) is 0.305.